The van der Waals surface area contributed by atoms with Crippen molar-refractivity contribution in [2.75, 3.05) is 26.8 Å². The highest BCUT2D eigenvalue weighted by Crippen LogP contribution is 2.33. The molecule has 0 spiro atoms. The van der Waals surface area contributed by atoms with Crippen LogP contribution in [0.5, 0.6) is 11.8 Å². The number of ether oxygens (including phenoxy) is 2. The Hall–Kier alpha value is -2.94. The molecule has 32 heavy (non-hydrogen) atoms. The summed E-state index contributed by atoms with van der Waals surface area (Å²) >= 11 is 0. The van der Waals surface area contributed by atoms with Crippen LogP contribution in [0.1, 0.15) is 54.9 Å². The average molecular weight is 438 g/mol. The third-order valence-corrected chi connectivity index (χ3v) is 6.59. The van der Waals surface area contributed by atoms with E-state index in [1.165, 1.54) is 11.3 Å². The highest BCUT2D eigenvalue weighted by atomic mass is 16.5. The van der Waals surface area contributed by atoms with Gasteiger partial charge < -0.3 is 9.47 Å². The second-order valence-electron chi connectivity index (χ2n) is 8.63. The summed E-state index contributed by atoms with van der Waals surface area (Å²) in [5.41, 5.74) is 5.32. The van der Waals surface area contributed by atoms with Crippen LogP contribution < -0.4 is 9.47 Å². The second kappa shape index (κ2) is 8.90. The highest BCUT2D eigenvalue weighted by molar-refractivity contribution is 5.64. The van der Waals surface area contributed by atoms with E-state index in [9.17, 15) is 0 Å². The minimum absolute atomic E-state index is 0.467. The molecule has 3 aromatic rings. The maximum absolute atomic E-state index is 5.83. The number of hydrogen-bond donors (Lipinski definition) is 1. The standard InChI is InChI=1S/C23H31N7O2/c1-4-18-16-6-5-11-32-22(16)26-21(25-18)14-30-9-7-15(8-10-30)19-12-20(28-27-19)17-13-24-29(2)23(17)31-3/h12-13,15H,4-11,14H2,1-3H3,(H,27,28). The fourth-order valence-corrected chi connectivity index (χ4v) is 4.84. The molecule has 2 aliphatic heterocycles. The number of nitrogens with zero attached hydrogens (tertiary/aromatic N) is 6. The summed E-state index contributed by atoms with van der Waals surface area (Å²) in [6.07, 6.45) is 6.96. The number of nitrogens with one attached hydrogen (secondary N) is 1. The summed E-state index contributed by atoms with van der Waals surface area (Å²) in [5.74, 6) is 2.88. The van der Waals surface area contributed by atoms with Crippen LogP contribution in [0, 0.1) is 0 Å². The predicted octanol–water partition coefficient (Wildman–Crippen LogP) is 2.88. The molecule has 0 radical (unpaired) electrons. The summed E-state index contributed by atoms with van der Waals surface area (Å²) in [5, 5.41) is 12.1. The molecule has 1 fully saturated rings. The first kappa shape index (κ1) is 20.9. The van der Waals surface area contributed by atoms with E-state index in [-0.39, 0.29) is 0 Å². The molecule has 3 aromatic heterocycles. The van der Waals surface area contributed by atoms with Crippen LogP contribution in [0.2, 0.25) is 0 Å². The zero-order valence-corrected chi connectivity index (χ0v) is 19.1. The highest BCUT2D eigenvalue weighted by Gasteiger charge is 2.25. The Morgan fingerprint density at radius 2 is 2.09 bits per heavy atom. The molecule has 9 heteroatoms. The number of hydrogen-bond acceptors (Lipinski definition) is 7. The van der Waals surface area contributed by atoms with Gasteiger partial charge in [0.25, 0.3) is 0 Å². The molecule has 0 aromatic carbocycles. The summed E-state index contributed by atoms with van der Waals surface area (Å²) in [6, 6.07) is 2.14. The van der Waals surface area contributed by atoms with Crippen LogP contribution in [0.3, 0.4) is 0 Å². The quantitative estimate of drug-likeness (QED) is 0.634. The molecule has 0 bridgehead atoms. The molecule has 9 nitrogen and oxygen atoms in total. The van der Waals surface area contributed by atoms with Crippen molar-refractivity contribution in [3.63, 3.8) is 0 Å². The monoisotopic (exact) mass is 437 g/mol. The van der Waals surface area contributed by atoms with E-state index in [4.69, 9.17) is 19.4 Å². The van der Waals surface area contributed by atoms with Crippen molar-refractivity contribution in [2.24, 2.45) is 7.05 Å². The van der Waals surface area contributed by atoms with Crippen molar-refractivity contribution in [1.82, 2.24) is 34.8 Å². The Morgan fingerprint density at radius 3 is 2.88 bits per heavy atom. The first-order valence-corrected chi connectivity index (χ1v) is 11.5. The lowest BCUT2D eigenvalue weighted by atomic mass is 9.93. The summed E-state index contributed by atoms with van der Waals surface area (Å²) in [7, 11) is 3.53. The molecule has 0 saturated carbocycles. The third-order valence-electron chi connectivity index (χ3n) is 6.59. The van der Waals surface area contributed by atoms with Gasteiger partial charge in [0.05, 0.1) is 43.4 Å². The third kappa shape index (κ3) is 3.97. The molecular formula is C23H31N7O2. The molecule has 5 rings (SSSR count). The molecule has 0 atom stereocenters. The van der Waals surface area contributed by atoms with E-state index < -0.39 is 0 Å². The number of rotatable bonds is 6. The van der Waals surface area contributed by atoms with E-state index >= 15 is 0 Å². The normalized spacial score (nSPS) is 17.2. The van der Waals surface area contributed by atoms with Gasteiger partial charge in [0.15, 0.2) is 0 Å². The number of methoxy groups -OCH3 is 1. The molecule has 5 heterocycles. The van der Waals surface area contributed by atoms with Gasteiger partial charge in [0.1, 0.15) is 5.82 Å². The Balaban J connectivity index is 1.23. The van der Waals surface area contributed by atoms with Gasteiger partial charge in [-0.3, -0.25) is 10.00 Å². The number of likely N-dealkylation sites (tertiary alicyclic amines) is 1. The van der Waals surface area contributed by atoms with E-state index in [1.54, 1.807) is 18.0 Å². The van der Waals surface area contributed by atoms with Gasteiger partial charge in [0.2, 0.25) is 11.8 Å². The topological polar surface area (TPSA) is 94.0 Å². The molecule has 1 N–H and O–H groups in total. The molecule has 0 aliphatic carbocycles. The summed E-state index contributed by atoms with van der Waals surface area (Å²) < 4.78 is 13.0. The van der Waals surface area contributed by atoms with Gasteiger partial charge in [0, 0.05) is 24.2 Å². The lowest BCUT2D eigenvalue weighted by Gasteiger charge is -2.31. The van der Waals surface area contributed by atoms with Crippen molar-refractivity contribution in [3.05, 3.63) is 35.0 Å². The lowest BCUT2D eigenvalue weighted by Crippen LogP contribution is -2.33. The van der Waals surface area contributed by atoms with Gasteiger partial charge in [-0.2, -0.15) is 15.2 Å². The van der Waals surface area contributed by atoms with Gasteiger partial charge in [-0.05, 0) is 51.3 Å². The maximum atomic E-state index is 5.83. The van der Waals surface area contributed by atoms with Crippen molar-refractivity contribution in [2.45, 2.75) is 51.5 Å². The summed E-state index contributed by atoms with van der Waals surface area (Å²) in [6.45, 7) is 5.72. The van der Waals surface area contributed by atoms with Gasteiger partial charge in [-0.15, -0.1) is 0 Å². The van der Waals surface area contributed by atoms with E-state index in [0.717, 1.165) is 92.9 Å². The molecule has 170 valence electrons. The van der Waals surface area contributed by atoms with E-state index in [1.807, 2.05) is 7.05 Å². The Bertz CT molecular complexity index is 1060. The number of fused-ring (bicyclic) bond motifs is 1. The van der Waals surface area contributed by atoms with Crippen LogP contribution in [0.25, 0.3) is 11.3 Å². The SMILES string of the molecule is CCc1nc(CN2CCC(c3cc(-c4cnn(C)c4OC)n[nH]3)CC2)nc2c1CCCO2. The van der Waals surface area contributed by atoms with Crippen molar-refractivity contribution in [3.8, 4) is 23.0 Å². The molecule has 1 saturated heterocycles. The Labute approximate surface area is 188 Å². The first-order chi connectivity index (χ1) is 15.7. The predicted molar refractivity (Wildman–Crippen MR) is 120 cm³/mol. The number of H-pyrrole nitrogens is 1. The number of piperidine rings is 1. The van der Waals surface area contributed by atoms with Gasteiger partial charge in [-0.1, -0.05) is 6.92 Å². The largest absolute Gasteiger partial charge is 0.481 e. The minimum atomic E-state index is 0.467. The smallest absolute Gasteiger partial charge is 0.220 e. The zero-order valence-electron chi connectivity index (χ0n) is 19.1. The minimum Gasteiger partial charge on any atom is -0.481 e. The van der Waals surface area contributed by atoms with Crippen LogP contribution in [0.4, 0.5) is 0 Å². The molecular weight excluding hydrogens is 406 g/mol. The zero-order chi connectivity index (χ0) is 22.1. The van der Waals surface area contributed by atoms with Crippen molar-refractivity contribution in [1.29, 1.82) is 0 Å². The van der Waals surface area contributed by atoms with Crippen LogP contribution in [-0.4, -0.2) is 61.7 Å². The fourth-order valence-electron chi connectivity index (χ4n) is 4.84. The van der Waals surface area contributed by atoms with E-state index in [2.05, 4.69) is 33.2 Å². The maximum Gasteiger partial charge on any atom is 0.220 e. The van der Waals surface area contributed by atoms with E-state index in [0.29, 0.717) is 5.92 Å². The van der Waals surface area contributed by atoms with Crippen LogP contribution in [0.15, 0.2) is 12.3 Å². The number of aromatic nitrogens is 6. The lowest BCUT2D eigenvalue weighted by molar-refractivity contribution is 0.196. The van der Waals surface area contributed by atoms with Crippen molar-refractivity contribution >= 4 is 0 Å². The Kier molecular flexibility index (Phi) is 5.82. The fraction of sp³-hybridized carbons (Fsp3) is 0.565. The Morgan fingerprint density at radius 1 is 1.25 bits per heavy atom. The van der Waals surface area contributed by atoms with Gasteiger partial charge >= 0.3 is 0 Å². The first-order valence-electron chi connectivity index (χ1n) is 11.5. The number of aromatic amines is 1. The molecule has 0 amide bonds. The van der Waals surface area contributed by atoms with Gasteiger partial charge in [-0.25, -0.2) is 9.67 Å². The average Bonchev–Trinajstić information content (AvgIpc) is 3.45. The van der Waals surface area contributed by atoms with Crippen molar-refractivity contribution < 1.29 is 9.47 Å². The second-order valence-corrected chi connectivity index (χ2v) is 8.63. The van der Waals surface area contributed by atoms with Crippen LogP contribution in [-0.2, 0) is 26.4 Å². The summed E-state index contributed by atoms with van der Waals surface area (Å²) in [4.78, 5) is 12.0. The molecule has 0 unspecified atom stereocenters. The number of aryl methyl sites for hydroxylation is 2. The molecule has 2 aliphatic rings. The van der Waals surface area contributed by atoms with Crippen LogP contribution >= 0.6 is 0 Å².